The molecule has 3 heteroatoms. The van der Waals surface area contributed by atoms with Gasteiger partial charge in [0.2, 0.25) is 0 Å². The van der Waals surface area contributed by atoms with E-state index in [4.69, 9.17) is 0 Å². The second kappa shape index (κ2) is 5.21. The van der Waals surface area contributed by atoms with Gasteiger partial charge in [0.1, 0.15) is 12.1 Å². The Morgan fingerprint density at radius 3 is 2.67 bits per heavy atom. The largest absolute Gasteiger partial charge is 0.298 e. The smallest absolute Gasteiger partial charge is 0.146 e. The number of aldehydes is 1. The molecule has 0 saturated carbocycles. The van der Waals surface area contributed by atoms with E-state index in [0.717, 1.165) is 10.8 Å². The fourth-order valence-corrected chi connectivity index (χ4v) is 1.50. The summed E-state index contributed by atoms with van der Waals surface area (Å²) in [5.74, 6) is -0.170. The summed E-state index contributed by atoms with van der Waals surface area (Å²) in [6.45, 7) is 3.85. The molecule has 0 aromatic heterocycles. The Morgan fingerprint density at radius 2 is 2.13 bits per heavy atom. The monoisotopic (exact) mass is 270 g/mol. The molecule has 0 spiro atoms. The lowest BCUT2D eigenvalue weighted by atomic mass is 10.0. The highest BCUT2D eigenvalue weighted by atomic mass is 79.9. The first-order valence-electron chi connectivity index (χ1n) is 4.66. The van der Waals surface area contributed by atoms with Crippen LogP contribution in [0.5, 0.6) is 0 Å². The first-order valence-corrected chi connectivity index (χ1v) is 5.45. The summed E-state index contributed by atoms with van der Waals surface area (Å²) in [6, 6.07) is 4.40. The average Bonchev–Trinajstić information content (AvgIpc) is 2.18. The maximum Gasteiger partial charge on any atom is 0.146 e. The van der Waals surface area contributed by atoms with Gasteiger partial charge < -0.3 is 0 Å². The maximum atomic E-state index is 13.0. The molecule has 15 heavy (non-hydrogen) atoms. The Bertz CT molecular complexity index is 397. The highest BCUT2D eigenvalue weighted by molar-refractivity contribution is 9.10. The second-order valence-corrected chi connectivity index (χ2v) is 4.44. The van der Waals surface area contributed by atoms with Gasteiger partial charge in [-0.2, -0.15) is 0 Å². The zero-order valence-electron chi connectivity index (χ0n) is 8.63. The number of carbonyl (C=O) groups is 1. The molecule has 0 N–H and O–H groups in total. The Morgan fingerprint density at radius 1 is 1.47 bits per heavy atom. The van der Waals surface area contributed by atoms with Gasteiger partial charge in [0, 0.05) is 4.47 Å². The molecule has 1 nitrogen and oxygen atoms in total. The van der Waals surface area contributed by atoms with Crippen molar-refractivity contribution in [2.75, 3.05) is 0 Å². The van der Waals surface area contributed by atoms with Crippen LogP contribution in [0.1, 0.15) is 19.4 Å². The van der Waals surface area contributed by atoms with Crippen LogP contribution >= 0.6 is 15.9 Å². The fraction of sp³-hybridized carbons (Fsp3) is 0.250. The van der Waals surface area contributed by atoms with Crippen LogP contribution in [0.2, 0.25) is 0 Å². The van der Waals surface area contributed by atoms with E-state index < -0.39 is 0 Å². The Labute approximate surface area is 97.1 Å². The average molecular weight is 271 g/mol. The van der Waals surface area contributed by atoms with Gasteiger partial charge in [0.25, 0.3) is 0 Å². The van der Waals surface area contributed by atoms with Gasteiger partial charge in [0.15, 0.2) is 0 Å². The van der Waals surface area contributed by atoms with E-state index in [2.05, 4.69) is 15.9 Å². The minimum Gasteiger partial charge on any atom is -0.298 e. The molecule has 80 valence electrons. The van der Waals surface area contributed by atoms with E-state index in [1.807, 2.05) is 13.8 Å². The van der Waals surface area contributed by atoms with Crippen LogP contribution in [0.15, 0.2) is 28.2 Å². The molecule has 1 rings (SSSR count). The van der Waals surface area contributed by atoms with Crippen molar-refractivity contribution in [2.24, 2.45) is 5.92 Å². The normalized spacial score (nSPS) is 11.9. The number of hydrogen-bond acceptors (Lipinski definition) is 1. The standard InChI is InChI=1S/C12H12BrFO/c1-8(2)10(7-15)5-9-6-11(14)3-4-12(9)13/h3-8H,1-2H3/b10-5+. The van der Waals surface area contributed by atoms with Gasteiger partial charge in [-0.1, -0.05) is 29.8 Å². The summed E-state index contributed by atoms with van der Waals surface area (Å²) in [7, 11) is 0. The molecule has 0 aliphatic carbocycles. The summed E-state index contributed by atoms with van der Waals surface area (Å²) in [4.78, 5) is 10.8. The molecule has 0 aliphatic heterocycles. The fourth-order valence-electron chi connectivity index (χ4n) is 1.14. The third-order valence-electron chi connectivity index (χ3n) is 2.08. The number of carbonyl (C=O) groups excluding carboxylic acids is 1. The van der Waals surface area contributed by atoms with Crippen molar-refractivity contribution in [1.82, 2.24) is 0 Å². The minimum atomic E-state index is -0.307. The lowest BCUT2D eigenvalue weighted by Gasteiger charge is -2.05. The maximum absolute atomic E-state index is 13.0. The van der Waals surface area contributed by atoms with Gasteiger partial charge in [-0.3, -0.25) is 4.79 Å². The van der Waals surface area contributed by atoms with Crippen molar-refractivity contribution in [2.45, 2.75) is 13.8 Å². The molecule has 0 heterocycles. The number of allylic oxidation sites excluding steroid dienone is 1. The summed E-state index contributed by atoms with van der Waals surface area (Å²) < 4.78 is 13.7. The quantitative estimate of drug-likeness (QED) is 0.603. The molecule has 0 fully saturated rings. The van der Waals surface area contributed by atoms with E-state index in [9.17, 15) is 9.18 Å². The summed E-state index contributed by atoms with van der Waals surface area (Å²) in [6.07, 6.45) is 2.51. The highest BCUT2D eigenvalue weighted by Gasteiger charge is 2.04. The lowest BCUT2D eigenvalue weighted by Crippen LogP contribution is -1.95. The Balaban J connectivity index is 3.16. The molecule has 0 unspecified atom stereocenters. The van der Waals surface area contributed by atoms with Crippen molar-refractivity contribution < 1.29 is 9.18 Å². The van der Waals surface area contributed by atoms with Crippen molar-refractivity contribution in [1.29, 1.82) is 0 Å². The molecule has 0 aliphatic rings. The van der Waals surface area contributed by atoms with E-state index in [0.29, 0.717) is 11.1 Å². The van der Waals surface area contributed by atoms with Crippen LogP contribution in [0.3, 0.4) is 0 Å². The molecule has 0 amide bonds. The van der Waals surface area contributed by atoms with Crippen LogP contribution in [0.4, 0.5) is 4.39 Å². The second-order valence-electron chi connectivity index (χ2n) is 3.58. The third-order valence-corrected chi connectivity index (χ3v) is 2.81. The lowest BCUT2D eigenvalue weighted by molar-refractivity contribution is -0.105. The number of halogens is 2. The van der Waals surface area contributed by atoms with E-state index in [1.54, 1.807) is 12.1 Å². The van der Waals surface area contributed by atoms with E-state index in [-0.39, 0.29) is 11.7 Å². The van der Waals surface area contributed by atoms with Crippen molar-refractivity contribution in [3.63, 3.8) is 0 Å². The van der Waals surface area contributed by atoms with Crippen molar-refractivity contribution >= 4 is 28.3 Å². The minimum absolute atomic E-state index is 0.137. The van der Waals surface area contributed by atoms with Crippen LogP contribution in [0, 0.1) is 11.7 Å². The Kier molecular flexibility index (Phi) is 4.21. The zero-order chi connectivity index (χ0) is 11.4. The van der Waals surface area contributed by atoms with Crippen molar-refractivity contribution in [3.8, 4) is 0 Å². The molecule has 0 radical (unpaired) electrons. The molecule has 1 aromatic carbocycles. The van der Waals surface area contributed by atoms with Crippen LogP contribution in [0.25, 0.3) is 6.08 Å². The van der Waals surface area contributed by atoms with E-state index in [1.165, 1.54) is 12.1 Å². The molecule has 0 atom stereocenters. The van der Waals surface area contributed by atoms with Crippen molar-refractivity contribution in [3.05, 3.63) is 39.6 Å². The molecule has 0 bridgehead atoms. The molecular weight excluding hydrogens is 259 g/mol. The van der Waals surface area contributed by atoms with Crippen LogP contribution in [-0.2, 0) is 4.79 Å². The molecule has 0 saturated heterocycles. The number of hydrogen-bond donors (Lipinski definition) is 0. The first kappa shape index (κ1) is 12.1. The summed E-state index contributed by atoms with van der Waals surface area (Å²) in [5.41, 5.74) is 1.34. The van der Waals surface area contributed by atoms with Gasteiger partial charge >= 0.3 is 0 Å². The highest BCUT2D eigenvalue weighted by Crippen LogP contribution is 2.22. The SMILES string of the molecule is CC(C)/C(C=O)=C/c1cc(F)ccc1Br. The van der Waals surface area contributed by atoms with Gasteiger partial charge in [-0.25, -0.2) is 4.39 Å². The van der Waals surface area contributed by atoms with Gasteiger partial charge in [-0.15, -0.1) is 0 Å². The number of benzene rings is 1. The zero-order valence-corrected chi connectivity index (χ0v) is 10.2. The van der Waals surface area contributed by atoms with E-state index >= 15 is 0 Å². The van der Waals surface area contributed by atoms with Gasteiger partial charge in [-0.05, 0) is 41.3 Å². The third kappa shape index (κ3) is 3.27. The predicted octanol–water partition coefficient (Wildman–Crippen LogP) is 3.83. The van der Waals surface area contributed by atoms with Crippen LogP contribution in [-0.4, -0.2) is 6.29 Å². The first-order chi connectivity index (χ1) is 7.04. The predicted molar refractivity (Wildman–Crippen MR) is 63.0 cm³/mol. The summed E-state index contributed by atoms with van der Waals surface area (Å²) in [5, 5.41) is 0. The summed E-state index contributed by atoms with van der Waals surface area (Å²) >= 11 is 3.31. The van der Waals surface area contributed by atoms with Gasteiger partial charge in [0.05, 0.1) is 0 Å². The Hall–Kier alpha value is -0.960. The number of rotatable bonds is 3. The topological polar surface area (TPSA) is 17.1 Å². The molecule has 1 aromatic rings. The molecular formula is C12H12BrFO. The van der Waals surface area contributed by atoms with Crippen LogP contribution < -0.4 is 0 Å².